The van der Waals surface area contributed by atoms with E-state index in [1.807, 2.05) is 12.3 Å². The summed E-state index contributed by atoms with van der Waals surface area (Å²) in [4.78, 5) is 9.93. The molecule has 30 heavy (non-hydrogen) atoms. The highest BCUT2D eigenvalue weighted by Crippen LogP contribution is 2.36. The number of rotatable bonds is 3. The van der Waals surface area contributed by atoms with Crippen LogP contribution in [0.5, 0.6) is 0 Å². The Labute approximate surface area is 176 Å². The summed E-state index contributed by atoms with van der Waals surface area (Å²) < 4.78 is 1.77. The number of aryl methyl sites for hydroxylation is 1. The lowest BCUT2D eigenvalue weighted by Gasteiger charge is -2.37. The van der Waals surface area contributed by atoms with Crippen molar-refractivity contribution < 1.29 is 0 Å². The molecule has 7 nitrogen and oxygen atoms in total. The Kier molecular flexibility index (Phi) is 4.80. The summed E-state index contributed by atoms with van der Waals surface area (Å²) >= 11 is 0. The number of anilines is 2. The van der Waals surface area contributed by atoms with Gasteiger partial charge in [0.05, 0.1) is 23.1 Å². The zero-order valence-electron chi connectivity index (χ0n) is 17.6. The van der Waals surface area contributed by atoms with E-state index in [1.165, 1.54) is 11.3 Å². The van der Waals surface area contributed by atoms with Crippen molar-refractivity contribution in [3.05, 3.63) is 53.0 Å². The Morgan fingerprint density at radius 3 is 2.77 bits per heavy atom. The molecule has 3 aromatic rings. The van der Waals surface area contributed by atoms with Crippen molar-refractivity contribution in [3.8, 4) is 6.07 Å². The third-order valence-corrected chi connectivity index (χ3v) is 6.40. The minimum atomic E-state index is 0.385. The summed E-state index contributed by atoms with van der Waals surface area (Å²) in [6, 6.07) is 10.6. The third kappa shape index (κ3) is 3.08. The zero-order chi connectivity index (χ0) is 20.7. The van der Waals surface area contributed by atoms with Crippen molar-refractivity contribution in [2.24, 2.45) is 0 Å². The molecule has 0 spiro atoms. The van der Waals surface area contributed by atoms with Crippen LogP contribution in [-0.4, -0.2) is 47.3 Å². The number of piperazine rings is 1. The van der Waals surface area contributed by atoms with Crippen LogP contribution in [0.3, 0.4) is 0 Å². The maximum absolute atomic E-state index is 9.45. The number of hydrogen-bond donors (Lipinski definition) is 1. The first-order valence-electron chi connectivity index (χ1n) is 10.8. The SMILES string of the molecule is CC[C@H]1CN(c2ccc(C#N)n3ncc(C)c23)Cc2ccc(N3CCNCC3)nc21. The largest absolute Gasteiger partial charge is 0.365 e. The van der Waals surface area contributed by atoms with Crippen LogP contribution in [-0.2, 0) is 6.54 Å². The van der Waals surface area contributed by atoms with Crippen molar-refractivity contribution in [3.63, 3.8) is 0 Å². The molecule has 2 aliphatic rings. The van der Waals surface area contributed by atoms with Gasteiger partial charge >= 0.3 is 0 Å². The number of pyridine rings is 2. The fraction of sp³-hybridized carbons (Fsp3) is 0.435. The summed E-state index contributed by atoms with van der Waals surface area (Å²) in [6.07, 6.45) is 2.89. The molecule has 0 aliphatic carbocycles. The van der Waals surface area contributed by atoms with Crippen LogP contribution in [0.15, 0.2) is 30.5 Å². The number of nitrogens with zero attached hydrogens (tertiary/aromatic N) is 6. The van der Waals surface area contributed by atoms with Crippen LogP contribution in [0.25, 0.3) is 5.52 Å². The fourth-order valence-corrected chi connectivity index (χ4v) is 4.75. The second kappa shape index (κ2) is 7.62. The second-order valence-corrected chi connectivity index (χ2v) is 8.24. The highest BCUT2D eigenvalue weighted by Gasteiger charge is 2.28. The molecule has 7 heteroatoms. The highest BCUT2D eigenvalue weighted by molar-refractivity contribution is 5.77. The van der Waals surface area contributed by atoms with E-state index in [0.29, 0.717) is 11.6 Å². The van der Waals surface area contributed by atoms with E-state index in [2.05, 4.69) is 58.3 Å². The number of nitriles is 1. The molecule has 1 fully saturated rings. The quantitative estimate of drug-likeness (QED) is 0.728. The molecule has 0 saturated carbocycles. The minimum Gasteiger partial charge on any atom is -0.365 e. The van der Waals surface area contributed by atoms with Crippen molar-refractivity contribution in [1.29, 1.82) is 5.26 Å². The van der Waals surface area contributed by atoms with E-state index in [4.69, 9.17) is 4.98 Å². The smallest absolute Gasteiger partial charge is 0.142 e. The molecule has 1 atom stereocenters. The van der Waals surface area contributed by atoms with Crippen molar-refractivity contribution in [1.82, 2.24) is 19.9 Å². The highest BCUT2D eigenvalue weighted by atomic mass is 15.3. The van der Waals surface area contributed by atoms with E-state index in [1.54, 1.807) is 4.52 Å². The maximum atomic E-state index is 9.45. The van der Waals surface area contributed by atoms with E-state index >= 15 is 0 Å². The van der Waals surface area contributed by atoms with Gasteiger partial charge in [0.2, 0.25) is 0 Å². The number of hydrogen-bond acceptors (Lipinski definition) is 6. The molecule has 3 aromatic heterocycles. The van der Waals surface area contributed by atoms with Crippen LogP contribution in [0.4, 0.5) is 11.5 Å². The van der Waals surface area contributed by atoms with Crippen molar-refractivity contribution >= 4 is 17.0 Å². The van der Waals surface area contributed by atoms with E-state index in [-0.39, 0.29) is 0 Å². The summed E-state index contributed by atoms with van der Waals surface area (Å²) in [5.41, 5.74) is 6.37. The summed E-state index contributed by atoms with van der Waals surface area (Å²) in [7, 11) is 0. The summed E-state index contributed by atoms with van der Waals surface area (Å²) in [5.74, 6) is 1.49. The third-order valence-electron chi connectivity index (χ3n) is 6.40. The molecule has 0 bridgehead atoms. The fourth-order valence-electron chi connectivity index (χ4n) is 4.75. The molecule has 1 saturated heterocycles. The summed E-state index contributed by atoms with van der Waals surface area (Å²) in [5, 5.41) is 17.3. The first-order chi connectivity index (χ1) is 14.7. The lowest BCUT2D eigenvalue weighted by molar-refractivity contribution is 0.559. The molecule has 0 radical (unpaired) electrons. The van der Waals surface area contributed by atoms with Crippen molar-refractivity contribution in [2.45, 2.75) is 32.7 Å². The Bertz CT molecular complexity index is 1120. The maximum Gasteiger partial charge on any atom is 0.142 e. The zero-order valence-corrected chi connectivity index (χ0v) is 17.6. The van der Waals surface area contributed by atoms with Gasteiger partial charge in [-0.2, -0.15) is 10.4 Å². The van der Waals surface area contributed by atoms with Gasteiger partial charge in [-0.15, -0.1) is 0 Å². The van der Waals surface area contributed by atoms with Crippen molar-refractivity contribution in [2.75, 3.05) is 42.5 Å². The first-order valence-corrected chi connectivity index (χ1v) is 10.8. The van der Waals surface area contributed by atoms with Crippen LogP contribution < -0.4 is 15.1 Å². The number of aromatic nitrogens is 3. The average Bonchev–Trinajstić information content (AvgIpc) is 3.19. The first kappa shape index (κ1) is 18.9. The number of nitrogens with one attached hydrogen (secondary N) is 1. The summed E-state index contributed by atoms with van der Waals surface area (Å²) in [6.45, 7) is 10.1. The topological polar surface area (TPSA) is 72.5 Å². The molecule has 1 N–H and O–H groups in total. The van der Waals surface area contributed by atoms with Gasteiger partial charge in [0.25, 0.3) is 0 Å². The molecule has 0 amide bonds. The molecule has 5 heterocycles. The number of fused-ring (bicyclic) bond motifs is 2. The van der Waals surface area contributed by atoms with Gasteiger partial charge in [-0.25, -0.2) is 9.50 Å². The predicted molar refractivity (Wildman–Crippen MR) is 118 cm³/mol. The Hall–Kier alpha value is -3.11. The van der Waals surface area contributed by atoms with Crippen LogP contribution in [0.1, 0.15) is 41.8 Å². The van der Waals surface area contributed by atoms with E-state index in [9.17, 15) is 5.26 Å². The monoisotopic (exact) mass is 401 g/mol. The molecular weight excluding hydrogens is 374 g/mol. The Morgan fingerprint density at radius 1 is 1.17 bits per heavy atom. The normalized spacial score (nSPS) is 19.0. The average molecular weight is 402 g/mol. The van der Waals surface area contributed by atoms with Gasteiger partial charge < -0.3 is 15.1 Å². The van der Waals surface area contributed by atoms with E-state index in [0.717, 1.165) is 68.3 Å². The Morgan fingerprint density at radius 2 is 2.00 bits per heavy atom. The van der Waals surface area contributed by atoms with Gasteiger partial charge in [0.1, 0.15) is 17.6 Å². The van der Waals surface area contributed by atoms with Gasteiger partial charge in [0.15, 0.2) is 0 Å². The lowest BCUT2D eigenvalue weighted by atomic mass is 9.92. The molecule has 5 rings (SSSR count). The molecule has 154 valence electrons. The molecule has 0 unspecified atom stereocenters. The lowest BCUT2D eigenvalue weighted by Crippen LogP contribution is -2.44. The van der Waals surface area contributed by atoms with Gasteiger partial charge in [-0.1, -0.05) is 13.0 Å². The van der Waals surface area contributed by atoms with Crippen LogP contribution >= 0.6 is 0 Å². The predicted octanol–water partition coefficient (Wildman–Crippen LogP) is 2.83. The van der Waals surface area contributed by atoms with Gasteiger partial charge in [0, 0.05) is 45.2 Å². The minimum absolute atomic E-state index is 0.385. The van der Waals surface area contributed by atoms with Crippen LogP contribution in [0.2, 0.25) is 0 Å². The van der Waals surface area contributed by atoms with E-state index < -0.39 is 0 Å². The molecular formula is C23H27N7. The van der Waals surface area contributed by atoms with Crippen LogP contribution in [0, 0.1) is 18.3 Å². The second-order valence-electron chi connectivity index (χ2n) is 8.24. The van der Waals surface area contributed by atoms with Gasteiger partial charge in [-0.05, 0) is 42.7 Å². The Balaban J connectivity index is 1.52. The van der Waals surface area contributed by atoms with Gasteiger partial charge in [-0.3, -0.25) is 0 Å². The molecule has 2 aliphatic heterocycles. The molecule has 0 aromatic carbocycles. The standard InChI is InChI=1S/C23H27N7/c1-3-17-14-29(20-6-5-19(12-24)30-23(20)16(2)13-26-30)15-18-4-7-21(27-22(17)18)28-10-8-25-9-11-28/h4-7,13,17,25H,3,8-11,14-15H2,1-2H3/t17-/m0/s1.